The summed E-state index contributed by atoms with van der Waals surface area (Å²) in [6, 6.07) is 0. The van der Waals surface area contributed by atoms with Crippen molar-refractivity contribution in [1.82, 2.24) is 9.55 Å². The van der Waals surface area contributed by atoms with Gasteiger partial charge in [-0.2, -0.15) is 0 Å². The highest BCUT2D eigenvalue weighted by Crippen LogP contribution is 2.27. The Kier molecular flexibility index (Phi) is 1.64. The van der Waals surface area contributed by atoms with E-state index in [1.54, 1.807) is 0 Å². The number of Topliss-reactive ketones (excluding diaryl/α,β-unsaturated/α-hetero) is 1. The molecular weight excluding hydrogens is 276 g/mol. The van der Waals surface area contributed by atoms with Crippen molar-refractivity contribution in [3.63, 3.8) is 0 Å². The molecule has 1 aromatic heterocycles. The fourth-order valence-electron chi connectivity index (χ4n) is 1.15. The number of nitrogens with zero attached hydrogens (tertiary/aromatic N) is 2. The molecule has 0 amide bonds. The van der Waals surface area contributed by atoms with Gasteiger partial charge in [0, 0.05) is 13.0 Å². The Bertz CT molecular complexity index is 332. The van der Waals surface area contributed by atoms with E-state index in [1.807, 2.05) is 4.57 Å². The Hall–Kier alpha value is -0.160. The fourth-order valence-corrected chi connectivity index (χ4v) is 1.96. The van der Waals surface area contributed by atoms with Gasteiger partial charge in [-0.15, -0.1) is 0 Å². The summed E-state index contributed by atoms with van der Waals surface area (Å²) in [6.45, 7) is 0.743. The van der Waals surface area contributed by atoms with E-state index in [0.29, 0.717) is 16.8 Å². The number of hydrogen-bond donors (Lipinski definition) is 0. The van der Waals surface area contributed by atoms with Crippen LogP contribution in [0.15, 0.2) is 9.21 Å². The lowest BCUT2D eigenvalue weighted by atomic mass is 10.3. The van der Waals surface area contributed by atoms with Crippen molar-refractivity contribution in [3.8, 4) is 0 Å². The molecule has 5 heteroatoms. The standard InChI is InChI=1S/C6H4Br2N2O/c7-4-5(8)10-2-1-3(11)6(10)9-4/h1-2H2. The highest BCUT2D eigenvalue weighted by atomic mass is 79.9. The van der Waals surface area contributed by atoms with Crippen molar-refractivity contribution in [2.45, 2.75) is 13.0 Å². The van der Waals surface area contributed by atoms with E-state index in [4.69, 9.17) is 0 Å². The molecule has 1 aromatic rings. The molecule has 0 spiro atoms. The Labute approximate surface area is 80.1 Å². The van der Waals surface area contributed by atoms with Gasteiger partial charge in [0.05, 0.1) is 0 Å². The minimum absolute atomic E-state index is 0.122. The second-order valence-corrected chi connectivity index (χ2v) is 3.84. The van der Waals surface area contributed by atoms with Crippen LogP contribution in [-0.2, 0) is 6.54 Å². The van der Waals surface area contributed by atoms with Crippen molar-refractivity contribution >= 4 is 37.6 Å². The summed E-state index contributed by atoms with van der Waals surface area (Å²) in [5.41, 5.74) is 0. The van der Waals surface area contributed by atoms with E-state index < -0.39 is 0 Å². The van der Waals surface area contributed by atoms with Crippen LogP contribution < -0.4 is 0 Å². The van der Waals surface area contributed by atoms with Crippen LogP contribution in [0.2, 0.25) is 0 Å². The number of imidazole rings is 1. The summed E-state index contributed by atoms with van der Waals surface area (Å²) < 4.78 is 3.44. The van der Waals surface area contributed by atoms with Crippen LogP contribution in [0.5, 0.6) is 0 Å². The van der Waals surface area contributed by atoms with Crippen molar-refractivity contribution in [2.75, 3.05) is 0 Å². The van der Waals surface area contributed by atoms with Gasteiger partial charge in [-0.3, -0.25) is 4.79 Å². The Morgan fingerprint density at radius 3 is 2.82 bits per heavy atom. The number of carbonyl (C=O) groups is 1. The molecule has 11 heavy (non-hydrogen) atoms. The van der Waals surface area contributed by atoms with Crippen LogP contribution in [-0.4, -0.2) is 15.3 Å². The van der Waals surface area contributed by atoms with E-state index in [-0.39, 0.29) is 5.78 Å². The summed E-state index contributed by atoms with van der Waals surface area (Å²) in [6.07, 6.45) is 0.578. The quantitative estimate of drug-likeness (QED) is 0.728. The normalized spacial score (nSPS) is 15.6. The SMILES string of the molecule is O=C1CCn2c1nc(Br)c2Br. The van der Waals surface area contributed by atoms with Crippen LogP contribution in [0.25, 0.3) is 0 Å². The molecule has 0 aromatic carbocycles. The van der Waals surface area contributed by atoms with Gasteiger partial charge in [0.1, 0.15) is 9.21 Å². The molecule has 2 heterocycles. The summed E-state index contributed by atoms with van der Waals surface area (Å²) in [5, 5.41) is 0. The predicted octanol–water partition coefficient (Wildman–Crippen LogP) is 1.99. The van der Waals surface area contributed by atoms with Crippen LogP contribution in [0.4, 0.5) is 0 Å². The smallest absolute Gasteiger partial charge is 0.200 e. The molecule has 0 saturated carbocycles. The van der Waals surface area contributed by atoms with Gasteiger partial charge in [0.25, 0.3) is 0 Å². The Morgan fingerprint density at radius 2 is 2.18 bits per heavy atom. The molecule has 0 atom stereocenters. The number of fused-ring (bicyclic) bond motifs is 1. The first-order chi connectivity index (χ1) is 5.20. The van der Waals surface area contributed by atoms with Gasteiger partial charge in [-0.05, 0) is 31.9 Å². The minimum Gasteiger partial charge on any atom is -0.315 e. The van der Waals surface area contributed by atoms with Gasteiger partial charge in [0.15, 0.2) is 11.6 Å². The van der Waals surface area contributed by atoms with Gasteiger partial charge < -0.3 is 4.57 Å². The molecule has 0 radical (unpaired) electrons. The van der Waals surface area contributed by atoms with Crippen molar-refractivity contribution in [1.29, 1.82) is 0 Å². The summed E-state index contributed by atoms with van der Waals surface area (Å²) in [5.74, 6) is 0.681. The Morgan fingerprint density at radius 1 is 1.45 bits per heavy atom. The third-order valence-electron chi connectivity index (χ3n) is 1.68. The molecule has 58 valence electrons. The number of aromatic nitrogens is 2. The van der Waals surface area contributed by atoms with Gasteiger partial charge >= 0.3 is 0 Å². The predicted molar refractivity (Wildman–Crippen MR) is 46.6 cm³/mol. The van der Waals surface area contributed by atoms with Crippen LogP contribution in [0, 0.1) is 0 Å². The van der Waals surface area contributed by atoms with E-state index in [9.17, 15) is 4.79 Å². The van der Waals surface area contributed by atoms with Crippen LogP contribution >= 0.6 is 31.9 Å². The number of rotatable bonds is 0. The van der Waals surface area contributed by atoms with Crippen molar-refractivity contribution in [2.24, 2.45) is 0 Å². The van der Waals surface area contributed by atoms with E-state index in [0.717, 1.165) is 11.1 Å². The lowest BCUT2D eigenvalue weighted by Crippen LogP contribution is -1.94. The molecule has 1 aliphatic heterocycles. The first kappa shape index (κ1) is 7.49. The lowest BCUT2D eigenvalue weighted by Gasteiger charge is -1.93. The number of carbonyl (C=O) groups excluding carboxylic acids is 1. The number of hydrogen-bond acceptors (Lipinski definition) is 2. The molecule has 0 N–H and O–H groups in total. The zero-order chi connectivity index (χ0) is 8.01. The molecule has 0 fully saturated rings. The maximum absolute atomic E-state index is 11.1. The topological polar surface area (TPSA) is 34.9 Å². The molecule has 3 nitrogen and oxygen atoms in total. The lowest BCUT2D eigenvalue weighted by molar-refractivity contribution is 0.0990. The van der Waals surface area contributed by atoms with E-state index in [1.165, 1.54) is 0 Å². The van der Waals surface area contributed by atoms with E-state index in [2.05, 4.69) is 36.8 Å². The third-order valence-corrected chi connectivity index (χ3v) is 3.57. The fraction of sp³-hybridized carbons (Fsp3) is 0.333. The molecule has 0 unspecified atom stereocenters. The largest absolute Gasteiger partial charge is 0.315 e. The van der Waals surface area contributed by atoms with E-state index >= 15 is 0 Å². The average Bonchev–Trinajstić information content (AvgIpc) is 2.43. The molecular formula is C6H4Br2N2O. The highest BCUT2D eigenvalue weighted by Gasteiger charge is 2.24. The van der Waals surface area contributed by atoms with Crippen molar-refractivity contribution < 1.29 is 4.79 Å². The maximum Gasteiger partial charge on any atom is 0.200 e. The van der Waals surface area contributed by atoms with Crippen LogP contribution in [0.1, 0.15) is 17.0 Å². The molecule has 2 rings (SSSR count). The molecule has 0 aliphatic carbocycles. The number of ketones is 1. The zero-order valence-electron chi connectivity index (χ0n) is 5.47. The molecule has 0 saturated heterocycles. The highest BCUT2D eigenvalue weighted by molar-refractivity contribution is 9.13. The summed E-state index contributed by atoms with van der Waals surface area (Å²) >= 11 is 6.57. The third kappa shape index (κ3) is 0.980. The molecule has 1 aliphatic rings. The molecule has 0 bridgehead atoms. The maximum atomic E-state index is 11.1. The van der Waals surface area contributed by atoms with Gasteiger partial charge in [0.2, 0.25) is 0 Å². The first-order valence-corrected chi connectivity index (χ1v) is 4.73. The van der Waals surface area contributed by atoms with Gasteiger partial charge in [-0.1, -0.05) is 0 Å². The zero-order valence-corrected chi connectivity index (χ0v) is 8.64. The second kappa shape index (κ2) is 2.42. The second-order valence-electron chi connectivity index (χ2n) is 2.34. The average molecular weight is 280 g/mol. The number of halogens is 2. The first-order valence-electron chi connectivity index (χ1n) is 3.15. The van der Waals surface area contributed by atoms with Crippen molar-refractivity contribution in [3.05, 3.63) is 15.0 Å². The monoisotopic (exact) mass is 278 g/mol. The minimum atomic E-state index is 0.122. The van der Waals surface area contributed by atoms with Gasteiger partial charge in [-0.25, -0.2) is 4.98 Å². The van der Waals surface area contributed by atoms with Crippen LogP contribution in [0.3, 0.4) is 0 Å². The summed E-state index contributed by atoms with van der Waals surface area (Å²) in [7, 11) is 0. The summed E-state index contributed by atoms with van der Waals surface area (Å²) in [4.78, 5) is 15.2. The Balaban J connectivity index is 2.66.